The van der Waals surface area contributed by atoms with Crippen molar-refractivity contribution in [2.45, 2.75) is 64.6 Å². The Balaban J connectivity index is 1.76. The summed E-state index contributed by atoms with van der Waals surface area (Å²) in [7, 11) is 0. The van der Waals surface area contributed by atoms with Crippen LogP contribution in [0.1, 0.15) is 52.4 Å². The Kier molecular flexibility index (Phi) is 6.20. The highest BCUT2D eigenvalue weighted by atomic mass is 16.6. The zero-order valence-corrected chi connectivity index (χ0v) is 9.63. The highest BCUT2D eigenvalue weighted by Gasteiger charge is 2.28. The summed E-state index contributed by atoms with van der Waals surface area (Å²) in [5.74, 6) is 0. The van der Waals surface area contributed by atoms with Crippen molar-refractivity contribution in [3.63, 3.8) is 0 Å². The van der Waals surface area contributed by atoms with E-state index in [4.69, 9.17) is 9.47 Å². The standard InChI is InChI=1S/C12H24O2/c1-3-4-5-6-7-8-9-13-12-10-14-11(12)2/h11-12H,3-10H2,1-2H3. The van der Waals surface area contributed by atoms with E-state index >= 15 is 0 Å². The number of hydrogen-bond acceptors (Lipinski definition) is 2. The summed E-state index contributed by atoms with van der Waals surface area (Å²) in [6.07, 6.45) is 8.71. The molecule has 0 aromatic rings. The van der Waals surface area contributed by atoms with Crippen molar-refractivity contribution in [1.29, 1.82) is 0 Å². The molecule has 1 saturated heterocycles. The fourth-order valence-electron chi connectivity index (χ4n) is 1.67. The Labute approximate surface area is 88.0 Å². The van der Waals surface area contributed by atoms with Crippen molar-refractivity contribution in [2.24, 2.45) is 0 Å². The van der Waals surface area contributed by atoms with Crippen LogP contribution in [0, 0.1) is 0 Å². The molecule has 1 rings (SSSR count). The molecule has 14 heavy (non-hydrogen) atoms. The molecule has 84 valence electrons. The van der Waals surface area contributed by atoms with E-state index in [0.29, 0.717) is 12.2 Å². The first-order valence-electron chi connectivity index (χ1n) is 6.07. The Bertz CT molecular complexity index is 136. The normalized spacial score (nSPS) is 26.1. The van der Waals surface area contributed by atoms with Crippen LogP contribution in [0.5, 0.6) is 0 Å². The SMILES string of the molecule is CCCCCCCCOC1COC1C. The molecular formula is C12H24O2. The van der Waals surface area contributed by atoms with E-state index in [1.54, 1.807) is 0 Å². The van der Waals surface area contributed by atoms with Gasteiger partial charge in [-0.15, -0.1) is 0 Å². The second-order valence-corrected chi connectivity index (χ2v) is 4.22. The number of rotatable bonds is 8. The predicted octanol–water partition coefficient (Wildman–Crippen LogP) is 3.15. The van der Waals surface area contributed by atoms with E-state index in [2.05, 4.69) is 13.8 Å². The van der Waals surface area contributed by atoms with E-state index in [0.717, 1.165) is 13.2 Å². The van der Waals surface area contributed by atoms with Gasteiger partial charge in [-0.05, 0) is 13.3 Å². The van der Waals surface area contributed by atoms with Crippen molar-refractivity contribution in [3.05, 3.63) is 0 Å². The zero-order chi connectivity index (χ0) is 10.2. The fraction of sp³-hybridized carbons (Fsp3) is 1.00. The maximum absolute atomic E-state index is 5.67. The molecule has 0 saturated carbocycles. The second kappa shape index (κ2) is 7.24. The number of hydrogen-bond donors (Lipinski definition) is 0. The lowest BCUT2D eigenvalue weighted by Gasteiger charge is -2.33. The molecule has 0 N–H and O–H groups in total. The molecule has 0 aromatic carbocycles. The summed E-state index contributed by atoms with van der Waals surface area (Å²) in [4.78, 5) is 0. The van der Waals surface area contributed by atoms with Crippen LogP contribution in [0.25, 0.3) is 0 Å². The van der Waals surface area contributed by atoms with E-state index < -0.39 is 0 Å². The van der Waals surface area contributed by atoms with E-state index in [9.17, 15) is 0 Å². The Morgan fingerprint density at radius 2 is 1.86 bits per heavy atom. The number of ether oxygens (including phenoxy) is 2. The van der Waals surface area contributed by atoms with Gasteiger partial charge < -0.3 is 9.47 Å². The Morgan fingerprint density at radius 3 is 2.43 bits per heavy atom. The third-order valence-corrected chi connectivity index (χ3v) is 2.88. The van der Waals surface area contributed by atoms with E-state index in [1.165, 1.54) is 38.5 Å². The van der Waals surface area contributed by atoms with Gasteiger partial charge in [-0.3, -0.25) is 0 Å². The minimum atomic E-state index is 0.329. The lowest BCUT2D eigenvalue weighted by atomic mass is 10.1. The average Bonchev–Trinajstić information content (AvgIpc) is 2.20. The van der Waals surface area contributed by atoms with Crippen molar-refractivity contribution in [1.82, 2.24) is 0 Å². The summed E-state index contributed by atoms with van der Waals surface area (Å²) in [5, 5.41) is 0. The minimum Gasteiger partial charge on any atom is -0.373 e. The first kappa shape index (κ1) is 12.0. The third kappa shape index (κ3) is 4.43. The molecule has 1 aliphatic heterocycles. The molecular weight excluding hydrogens is 176 g/mol. The zero-order valence-electron chi connectivity index (χ0n) is 9.63. The highest BCUT2D eigenvalue weighted by molar-refractivity contribution is 4.74. The highest BCUT2D eigenvalue weighted by Crippen LogP contribution is 2.16. The summed E-state index contributed by atoms with van der Waals surface area (Å²) in [6.45, 7) is 6.05. The molecule has 0 aromatic heterocycles. The Morgan fingerprint density at radius 1 is 1.14 bits per heavy atom. The van der Waals surface area contributed by atoms with Crippen molar-refractivity contribution < 1.29 is 9.47 Å². The topological polar surface area (TPSA) is 18.5 Å². The van der Waals surface area contributed by atoms with Gasteiger partial charge in [0, 0.05) is 6.61 Å². The molecule has 2 atom stereocenters. The minimum absolute atomic E-state index is 0.329. The summed E-state index contributed by atoms with van der Waals surface area (Å²) < 4.78 is 10.9. The van der Waals surface area contributed by atoms with Gasteiger partial charge in [0.2, 0.25) is 0 Å². The van der Waals surface area contributed by atoms with Gasteiger partial charge in [0.1, 0.15) is 6.10 Å². The quantitative estimate of drug-likeness (QED) is 0.560. The molecule has 1 aliphatic rings. The van der Waals surface area contributed by atoms with Gasteiger partial charge in [-0.2, -0.15) is 0 Å². The second-order valence-electron chi connectivity index (χ2n) is 4.22. The van der Waals surface area contributed by atoms with E-state index in [1.807, 2.05) is 0 Å². The van der Waals surface area contributed by atoms with Crippen LogP contribution in [0.3, 0.4) is 0 Å². The molecule has 0 radical (unpaired) electrons. The van der Waals surface area contributed by atoms with Crippen LogP contribution in [-0.4, -0.2) is 25.4 Å². The molecule has 0 amide bonds. The molecule has 2 unspecified atom stereocenters. The first-order valence-corrected chi connectivity index (χ1v) is 6.07. The van der Waals surface area contributed by atoms with E-state index in [-0.39, 0.29) is 0 Å². The van der Waals surface area contributed by atoms with Crippen LogP contribution in [0.2, 0.25) is 0 Å². The smallest absolute Gasteiger partial charge is 0.107 e. The lowest BCUT2D eigenvalue weighted by molar-refractivity contribution is -0.179. The third-order valence-electron chi connectivity index (χ3n) is 2.88. The molecule has 1 heterocycles. The lowest BCUT2D eigenvalue weighted by Crippen LogP contribution is -2.44. The van der Waals surface area contributed by atoms with Crippen molar-refractivity contribution >= 4 is 0 Å². The predicted molar refractivity (Wildman–Crippen MR) is 58.5 cm³/mol. The van der Waals surface area contributed by atoms with Gasteiger partial charge >= 0.3 is 0 Å². The summed E-state index contributed by atoms with van der Waals surface area (Å²) in [6, 6.07) is 0. The van der Waals surface area contributed by atoms with Gasteiger partial charge in [-0.25, -0.2) is 0 Å². The fourth-order valence-corrected chi connectivity index (χ4v) is 1.67. The number of unbranched alkanes of at least 4 members (excludes halogenated alkanes) is 5. The van der Waals surface area contributed by atoms with Crippen LogP contribution in [0.15, 0.2) is 0 Å². The Hall–Kier alpha value is -0.0800. The monoisotopic (exact) mass is 200 g/mol. The van der Waals surface area contributed by atoms with Gasteiger partial charge in [0.25, 0.3) is 0 Å². The molecule has 0 spiro atoms. The maximum atomic E-state index is 5.67. The van der Waals surface area contributed by atoms with Gasteiger partial charge in [-0.1, -0.05) is 39.0 Å². The maximum Gasteiger partial charge on any atom is 0.107 e. The van der Waals surface area contributed by atoms with Crippen LogP contribution >= 0.6 is 0 Å². The molecule has 2 heteroatoms. The van der Waals surface area contributed by atoms with Crippen LogP contribution in [0.4, 0.5) is 0 Å². The van der Waals surface area contributed by atoms with Crippen LogP contribution in [-0.2, 0) is 9.47 Å². The molecule has 1 fully saturated rings. The summed E-state index contributed by atoms with van der Waals surface area (Å²) >= 11 is 0. The van der Waals surface area contributed by atoms with Crippen LogP contribution < -0.4 is 0 Å². The van der Waals surface area contributed by atoms with Crippen molar-refractivity contribution in [2.75, 3.05) is 13.2 Å². The van der Waals surface area contributed by atoms with Gasteiger partial charge in [0.05, 0.1) is 12.7 Å². The molecule has 0 bridgehead atoms. The largest absolute Gasteiger partial charge is 0.373 e. The first-order chi connectivity index (χ1) is 6.84. The summed E-state index contributed by atoms with van der Waals surface area (Å²) in [5.41, 5.74) is 0. The molecule has 2 nitrogen and oxygen atoms in total. The van der Waals surface area contributed by atoms with Gasteiger partial charge in [0.15, 0.2) is 0 Å². The average molecular weight is 200 g/mol. The van der Waals surface area contributed by atoms with Crippen molar-refractivity contribution in [3.8, 4) is 0 Å². The molecule has 0 aliphatic carbocycles.